The van der Waals surface area contributed by atoms with Crippen LogP contribution in [0.4, 0.5) is 0 Å². The molecule has 0 heterocycles. The molecule has 0 saturated heterocycles. The van der Waals surface area contributed by atoms with Crippen LogP contribution in [0.3, 0.4) is 0 Å². The van der Waals surface area contributed by atoms with Gasteiger partial charge < -0.3 is 11.1 Å². The van der Waals surface area contributed by atoms with Crippen LogP contribution in [-0.4, -0.2) is 33.5 Å². The Balaban J connectivity index is 0.00000400. The second kappa shape index (κ2) is 9.37. The summed E-state index contributed by atoms with van der Waals surface area (Å²) in [5.74, 6) is -0.236. The van der Waals surface area contributed by atoms with Crippen LogP contribution in [0.5, 0.6) is 0 Å². The minimum Gasteiger partial charge on any atom is -0.352 e. The maximum Gasteiger partial charge on any atom is 0.240 e. The van der Waals surface area contributed by atoms with Crippen molar-refractivity contribution in [2.45, 2.75) is 24.3 Å². The van der Waals surface area contributed by atoms with E-state index in [-0.39, 0.29) is 42.2 Å². The quantitative estimate of drug-likeness (QED) is 0.635. The Morgan fingerprint density at radius 2 is 2.10 bits per heavy atom. The SMILES string of the molecule is C[C@@H](CN)NC(=O)CCNS(=O)(=O)c1cccc(Br)c1.Cl. The van der Waals surface area contributed by atoms with Gasteiger partial charge in [0, 0.05) is 30.0 Å². The number of hydrogen-bond acceptors (Lipinski definition) is 4. The first-order valence-corrected chi connectivity index (χ1v) is 8.37. The molecule has 120 valence electrons. The fourth-order valence-corrected chi connectivity index (χ4v) is 3.05. The summed E-state index contributed by atoms with van der Waals surface area (Å²) < 4.78 is 27.0. The highest BCUT2D eigenvalue weighted by atomic mass is 79.9. The summed E-state index contributed by atoms with van der Waals surface area (Å²) in [6, 6.07) is 6.24. The van der Waals surface area contributed by atoms with Crippen molar-refractivity contribution >= 4 is 44.3 Å². The van der Waals surface area contributed by atoms with Gasteiger partial charge in [0.15, 0.2) is 0 Å². The molecular weight excluding hydrogens is 382 g/mol. The number of hydrogen-bond donors (Lipinski definition) is 3. The van der Waals surface area contributed by atoms with Crippen molar-refractivity contribution in [2.75, 3.05) is 13.1 Å². The molecule has 1 amide bonds. The molecule has 1 aromatic carbocycles. The van der Waals surface area contributed by atoms with Crippen molar-refractivity contribution in [1.29, 1.82) is 0 Å². The molecule has 1 atom stereocenters. The number of nitrogens with one attached hydrogen (secondary N) is 2. The molecule has 0 spiro atoms. The van der Waals surface area contributed by atoms with Crippen LogP contribution in [-0.2, 0) is 14.8 Å². The van der Waals surface area contributed by atoms with Gasteiger partial charge in [-0.25, -0.2) is 13.1 Å². The molecule has 6 nitrogen and oxygen atoms in total. The molecular formula is C12H19BrClN3O3S. The molecule has 21 heavy (non-hydrogen) atoms. The van der Waals surface area contributed by atoms with Gasteiger partial charge in [0.1, 0.15) is 0 Å². The Bertz CT molecular complexity index is 569. The molecule has 0 unspecified atom stereocenters. The van der Waals surface area contributed by atoms with Crippen LogP contribution in [0, 0.1) is 0 Å². The van der Waals surface area contributed by atoms with Gasteiger partial charge in [-0.15, -0.1) is 12.4 Å². The average Bonchev–Trinajstić information content (AvgIpc) is 2.38. The molecule has 0 aliphatic carbocycles. The molecule has 0 fully saturated rings. The maximum absolute atomic E-state index is 12.0. The molecule has 0 aromatic heterocycles. The van der Waals surface area contributed by atoms with Crippen LogP contribution < -0.4 is 15.8 Å². The number of nitrogens with two attached hydrogens (primary N) is 1. The van der Waals surface area contributed by atoms with E-state index in [9.17, 15) is 13.2 Å². The molecule has 1 aromatic rings. The van der Waals surface area contributed by atoms with Gasteiger partial charge in [0.25, 0.3) is 0 Å². The summed E-state index contributed by atoms with van der Waals surface area (Å²) in [6.07, 6.45) is 0.0670. The van der Waals surface area contributed by atoms with Crippen molar-refractivity contribution < 1.29 is 13.2 Å². The zero-order valence-corrected chi connectivity index (χ0v) is 14.7. The van der Waals surface area contributed by atoms with Crippen LogP contribution in [0.2, 0.25) is 0 Å². The summed E-state index contributed by atoms with van der Waals surface area (Å²) in [6.45, 7) is 2.16. The van der Waals surface area contributed by atoms with E-state index in [1.807, 2.05) is 0 Å². The number of rotatable bonds is 7. The van der Waals surface area contributed by atoms with E-state index in [0.717, 1.165) is 0 Å². The van der Waals surface area contributed by atoms with Gasteiger partial charge in [-0.05, 0) is 25.1 Å². The van der Waals surface area contributed by atoms with Crippen molar-refractivity contribution in [2.24, 2.45) is 5.73 Å². The third-order valence-corrected chi connectivity index (χ3v) is 4.46. The van der Waals surface area contributed by atoms with Crippen molar-refractivity contribution in [3.8, 4) is 0 Å². The number of sulfonamides is 1. The Labute approximate surface area is 139 Å². The van der Waals surface area contributed by atoms with E-state index in [1.54, 1.807) is 19.1 Å². The summed E-state index contributed by atoms with van der Waals surface area (Å²) in [5.41, 5.74) is 5.38. The van der Waals surface area contributed by atoms with Crippen LogP contribution in [0.25, 0.3) is 0 Å². The lowest BCUT2D eigenvalue weighted by molar-refractivity contribution is -0.121. The molecule has 0 radical (unpaired) electrons. The van der Waals surface area contributed by atoms with Gasteiger partial charge in [0.05, 0.1) is 4.90 Å². The van der Waals surface area contributed by atoms with Crippen molar-refractivity contribution in [1.82, 2.24) is 10.0 Å². The first kappa shape index (κ1) is 20.3. The molecule has 0 aliphatic heterocycles. The van der Waals surface area contributed by atoms with Crippen LogP contribution in [0.15, 0.2) is 33.6 Å². The number of benzene rings is 1. The molecule has 9 heteroatoms. The lowest BCUT2D eigenvalue weighted by atomic mass is 10.3. The zero-order valence-electron chi connectivity index (χ0n) is 11.5. The van der Waals surface area contributed by atoms with Gasteiger partial charge >= 0.3 is 0 Å². The normalized spacial score (nSPS) is 12.3. The highest BCUT2D eigenvalue weighted by Gasteiger charge is 2.14. The largest absolute Gasteiger partial charge is 0.352 e. The molecule has 1 rings (SSSR count). The van der Waals surface area contributed by atoms with E-state index < -0.39 is 10.0 Å². The summed E-state index contributed by atoms with van der Waals surface area (Å²) in [5, 5.41) is 2.66. The minimum absolute atomic E-state index is 0. The lowest BCUT2D eigenvalue weighted by Crippen LogP contribution is -2.39. The standard InChI is InChI=1S/C12H18BrN3O3S.ClH/c1-9(8-14)16-12(17)5-6-15-20(18,19)11-4-2-3-10(13)7-11;/h2-4,7,9,15H,5-6,8,14H2,1H3,(H,16,17);1H/t9-;/m0./s1. The fraction of sp³-hybridized carbons (Fsp3) is 0.417. The average molecular weight is 401 g/mol. The molecule has 0 aliphatic rings. The van der Waals surface area contributed by atoms with E-state index in [0.29, 0.717) is 11.0 Å². The highest BCUT2D eigenvalue weighted by molar-refractivity contribution is 9.10. The van der Waals surface area contributed by atoms with Crippen molar-refractivity contribution in [3.63, 3.8) is 0 Å². The molecule has 0 saturated carbocycles. The maximum atomic E-state index is 12.0. The second-order valence-corrected chi connectivity index (χ2v) is 6.99. The highest BCUT2D eigenvalue weighted by Crippen LogP contribution is 2.15. The smallest absolute Gasteiger partial charge is 0.240 e. The zero-order chi connectivity index (χ0) is 15.2. The third kappa shape index (κ3) is 7.23. The molecule has 0 bridgehead atoms. The summed E-state index contributed by atoms with van der Waals surface area (Å²) in [4.78, 5) is 11.6. The third-order valence-electron chi connectivity index (χ3n) is 2.51. The van der Waals surface area contributed by atoms with Crippen molar-refractivity contribution in [3.05, 3.63) is 28.7 Å². The lowest BCUT2D eigenvalue weighted by Gasteiger charge is -2.11. The second-order valence-electron chi connectivity index (χ2n) is 4.31. The van der Waals surface area contributed by atoms with Gasteiger partial charge in [-0.3, -0.25) is 4.79 Å². The van der Waals surface area contributed by atoms with Crippen LogP contribution >= 0.6 is 28.3 Å². The number of halogens is 2. The van der Waals surface area contributed by atoms with Crippen LogP contribution in [0.1, 0.15) is 13.3 Å². The number of amides is 1. The monoisotopic (exact) mass is 399 g/mol. The van der Waals surface area contributed by atoms with Gasteiger partial charge in [-0.1, -0.05) is 22.0 Å². The number of carbonyl (C=O) groups excluding carboxylic acids is 1. The predicted octanol–water partition coefficient (Wildman–Crippen LogP) is 1.00. The Morgan fingerprint density at radius 3 is 2.67 bits per heavy atom. The Kier molecular flexibility index (Phi) is 9.07. The first-order valence-electron chi connectivity index (χ1n) is 6.10. The van der Waals surface area contributed by atoms with E-state index in [2.05, 4.69) is 26.0 Å². The van der Waals surface area contributed by atoms with E-state index >= 15 is 0 Å². The first-order chi connectivity index (χ1) is 9.35. The van der Waals surface area contributed by atoms with Gasteiger partial charge in [0.2, 0.25) is 15.9 Å². The predicted molar refractivity (Wildman–Crippen MR) is 87.9 cm³/mol. The Hall–Kier alpha value is -0.670. The summed E-state index contributed by atoms with van der Waals surface area (Å²) >= 11 is 3.21. The number of carbonyl (C=O) groups is 1. The van der Waals surface area contributed by atoms with Gasteiger partial charge in [-0.2, -0.15) is 0 Å². The topological polar surface area (TPSA) is 101 Å². The Morgan fingerprint density at radius 1 is 1.43 bits per heavy atom. The summed E-state index contributed by atoms with van der Waals surface area (Å²) in [7, 11) is -3.60. The minimum atomic E-state index is -3.60. The molecule has 4 N–H and O–H groups in total. The fourth-order valence-electron chi connectivity index (χ4n) is 1.42. The van der Waals surface area contributed by atoms with E-state index in [1.165, 1.54) is 12.1 Å². The van der Waals surface area contributed by atoms with E-state index in [4.69, 9.17) is 5.73 Å².